The molecule has 1 aliphatic carbocycles. The van der Waals surface area contributed by atoms with Crippen LogP contribution < -0.4 is 4.72 Å². The summed E-state index contributed by atoms with van der Waals surface area (Å²) in [6.07, 6.45) is 3.03. The van der Waals surface area contributed by atoms with E-state index in [4.69, 9.17) is 11.6 Å². The van der Waals surface area contributed by atoms with Gasteiger partial charge in [0.2, 0.25) is 10.0 Å². The molecule has 0 saturated heterocycles. The van der Waals surface area contributed by atoms with Crippen LogP contribution in [0.2, 0.25) is 5.02 Å². The minimum absolute atomic E-state index is 0.146. The van der Waals surface area contributed by atoms with Gasteiger partial charge in [0.15, 0.2) is 0 Å². The number of hydrogen-bond acceptors (Lipinski definition) is 5. The van der Waals surface area contributed by atoms with Crippen LogP contribution in [0.15, 0.2) is 18.3 Å². The monoisotopic (exact) mass is 318 g/mol. The van der Waals surface area contributed by atoms with Crippen molar-refractivity contribution < 1.29 is 17.9 Å². The molecule has 1 aromatic heterocycles. The fourth-order valence-corrected chi connectivity index (χ4v) is 4.27. The van der Waals surface area contributed by atoms with Gasteiger partial charge in [-0.25, -0.2) is 13.4 Å². The van der Waals surface area contributed by atoms with Gasteiger partial charge in [0.25, 0.3) is 0 Å². The molecule has 20 heavy (non-hydrogen) atoms. The Bertz CT molecular complexity index is 605. The zero-order valence-corrected chi connectivity index (χ0v) is 12.4. The molecular formula is C12H15ClN2O4S. The van der Waals surface area contributed by atoms with Gasteiger partial charge >= 0.3 is 5.97 Å². The molecule has 0 amide bonds. The van der Waals surface area contributed by atoms with Crippen molar-refractivity contribution >= 4 is 33.4 Å². The van der Waals surface area contributed by atoms with E-state index in [0.29, 0.717) is 24.3 Å². The summed E-state index contributed by atoms with van der Waals surface area (Å²) in [5.41, 5.74) is 0. The molecule has 0 bridgehead atoms. The number of methoxy groups -OCH3 is 1. The molecule has 0 radical (unpaired) electrons. The maximum absolute atomic E-state index is 12.3. The van der Waals surface area contributed by atoms with Gasteiger partial charge in [0.1, 0.15) is 5.82 Å². The minimum atomic E-state index is -3.71. The van der Waals surface area contributed by atoms with Gasteiger partial charge in [0.05, 0.1) is 18.3 Å². The number of rotatable bonds is 4. The Kier molecular flexibility index (Phi) is 4.49. The van der Waals surface area contributed by atoms with E-state index in [9.17, 15) is 13.2 Å². The molecule has 110 valence electrons. The van der Waals surface area contributed by atoms with E-state index >= 15 is 0 Å². The van der Waals surface area contributed by atoms with Crippen LogP contribution in [0.25, 0.3) is 0 Å². The Morgan fingerprint density at radius 3 is 2.90 bits per heavy atom. The standard InChI is InChI=1S/C12H15ClN2O4S/c1-19-12(16)9-3-2-4-10(9)20(17,18)15-11-7-8(13)5-6-14-11/h5-7,9-10H,2-4H2,1H3,(H,14,15). The maximum Gasteiger partial charge on any atom is 0.310 e. The summed E-state index contributed by atoms with van der Waals surface area (Å²) >= 11 is 5.79. The molecule has 0 aliphatic heterocycles. The van der Waals surface area contributed by atoms with Crippen molar-refractivity contribution in [1.29, 1.82) is 0 Å². The number of anilines is 1. The Morgan fingerprint density at radius 2 is 2.25 bits per heavy atom. The second-order valence-electron chi connectivity index (χ2n) is 4.61. The molecule has 2 atom stereocenters. The van der Waals surface area contributed by atoms with Gasteiger partial charge < -0.3 is 4.74 Å². The lowest BCUT2D eigenvalue weighted by molar-refractivity contribution is -0.145. The van der Waals surface area contributed by atoms with Crippen molar-refractivity contribution in [1.82, 2.24) is 4.98 Å². The number of sulfonamides is 1. The highest BCUT2D eigenvalue weighted by atomic mass is 35.5. The van der Waals surface area contributed by atoms with Gasteiger partial charge in [-0.05, 0) is 18.9 Å². The van der Waals surface area contributed by atoms with E-state index in [0.717, 1.165) is 0 Å². The maximum atomic E-state index is 12.3. The predicted octanol–water partition coefficient (Wildman–Crippen LogP) is 1.82. The van der Waals surface area contributed by atoms with E-state index in [1.807, 2.05) is 0 Å². The van der Waals surface area contributed by atoms with Gasteiger partial charge in [-0.15, -0.1) is 0 Å². The first-order valence-electron chi connectivity index (χ1n) is 6.15. The summed E-state index contributed by atoms with van der Waals surface area (Å²) in [6, 6.07) is 2.97. The second kappa shape index (κ2) is 5.97. The number of hydrogen-bond donors (Lipinski definition) is 1. The van der Waals surface area contributed by atoms with Crippen LogP contribution in [0.3, 0.4) is 0 Å². The van der Waals surface area contributed by atoms with Crippen LogP contribution in [0, 0.1) is 5.92 Å². The molecular weight excluding hydrogens is 304 g/mol. The summed E-state index contributed by atoms with van der Waals surface area (Å²) in [5, 5.41) is -0.413. The van der Waals surface area contributed by atoms with Crippen LogP contribution in [-0.4, -0.2) is 31.7 Å². The first-order valence-corrected chi connectivity index (χ1v) is 8.07. The molecule has 0 spiro atoms. The van der Waals surface area contributed by atoms with Crippen molar-refractivity contribution in [3.05, 3.63) is 23.4 Å². The smallest absolute Gasteiger partial charge is 0.310 e. The van der Waals surface area contributed by atoms with Gasteiger partial charge in [0, 0.05) is 17.3 Å². The van der Waals surface area contributed by atoms with E-state index in [1.54, 1.807) is 6.07 Å². The number of pyridine rings is 1. The van der Waals surface area contributed by atoms with Crippen molar-refractivity contribution in [3.8, 4) is 0 Å². The fourth-order valence-electron chi connectivity index (χ4n) is 2.40. The molecule has 1 heterocycles. The average Bonchev–Trinajstić information content (AvgIpc) is 2.87. The van der Waals surface area contributed by atoms with Gasteiger partial charge in [-0.1, -0.05) is 18.0 Å². The van der Waals surface area contributed by atoms with Gasteiger partial charge in [-0.3, -0.25) is 9.52 Å². The predicted molar refractivity (Wildman–Crippen MR) is 74.9 cm³/mol. The molecule has 1 aromatic rings. The quantitative estimate of drug-likeness (QED) is 0.856. The Labute approximate surface area is 122 Å². The molecule has 1 fully saturated rings. The number of nitrogens with zero attached hydrogens (tertiary/aromatic N) is 1. The van der Waals surface area contributed by atoms with E-state index in [2.05, 4.69) is 14.4 Å². The normalized spacial score (nSPS) is 22.5. The summed E-state index contributed by atoms with van der Waals surface area (Å²) in [7, 11) is -2.45. The lowest BCUT2D eigenvalue weighted by atomic mass is 10.1. The molecule has 2 unspecified atom stereocenters. The Balaban J connectivity index is 2.19. The van der Waals surface area contributed by atoms with Crippen LogP contribution in [-0.2, 0) is 19.6 Å². The van der Waals surface area contributed by atoms with Crippen molar-refractivity contribution in [2.24, 2.45) is 5.92 Å². The lowest BCUT2D eigenvalue weighted by Crippen LogP contribution is -2.35. The number of aromatic nitrogens is 1. The first kappa shape index (κ1) is 15.1. The molecule has 6 nitrogen and oxygen atoms in total. The lowest BCUT2D eigenvalue weighted by Gasteiger charge is -2.18. The van der Waals surface area contributed by atoms with Crippen molar-refractivity contribution in [3.63, 3.8) is 0 Å². The average molecular weight is 319 g/mol. The number of nitrogens with one attached hydrogen (secondary N) is 1. The largest absolute Gasteiger partial charge is 0.469 e. The second-order valence-corrected chi connectivity index (χ2v) is 6.94. The van der Waals surface area contributed by atoms with Crippen LogP contribution >= 0.6 is 11.6 Å². The van der Waals surface area contributed by atoms with Crippen molar-refractivity contribution in [2.45, 2.75) is 24.5 Å². The topological polar surface area (TPSA) is 85.4 Å². The van der Waals surface area contributed by atoms with Crippen LogP contribution in [0.1, 0.15) is 19.3 Å². The number of carbonyl (C=O) groups excluding carboxylic acids is 1. The number of esters is 1. The fraction of sp³-hybridized carbons (Fsp3) is 0.500. The summed E-state index contributed by atoms with van der Waals surface area (Å²) < 4.78 is 31.7. The SMILES string of the molecule is COC(=O)C1CCCC1S(=O)(=O)Nc1cc(Cl)ccn1. The zero-order valence-electron chi connectivity index (χ0n) is 10.9. The van der Waals surface area contributed by atoms with E-state index < -0.39 is 27.2 Å². The molecule has 1 saturated carbocycles. The minimum Gasteiger partial charge on any atom is -0.469 e. The number of halogens is 1. The highest BCUT2D eigenvalue weighted by molar-refractivity contribution is 7.93. The molecule has 1 aliphatic rings. The number of ether oxygens (including phenoxy) is 1. The molecule has 8 heteroatoms. The third-order valence-electron chi connectivity index (χ3n) is 3.32. The number of carbonyl (C=O) groups is 1. The molecule has 0 aromatic carbocycles. The zero-order chi connectivity index (χ0) is 14.8. The van der Waals surface area contributed by atoms with E-state index in [-0.39, 0.29) is 5.82 Å². The van der Waals surface area contributed by atoms with Crippen LogP contribution in [0.4, 0.5) is 5.82 Å². The third-order valence-corrected chi connectivity index (χ3v) is 5.41. The summed E-state index contributed by atoms with van der Waals surface area (Å²) in [4.78, 5) is 15.5. The van der Waals surface area contributed by atoms with Crippen molar-refractivity contribution in [2.75, 3.05) is 11.8 Å². The Morgan fingerprint density at radius 1 is 1.50 bits per heavy atom. The highest BCUT2D eigenvalue weighted by Gasteiger charge is 2.42. The highest BCUT2D eigenvalue weighted by Crippen LogP contribution is 2.32. The summed E-state index contributed by atoms with van der Waals surface area (Å²) in [5.74, 6) is -0.971. The third kappa shape index (κ3) is 3.21. The van der Waals surface area contributed by atoms with Crippen LogP contribution in [0.5, 0.6) is 0 Å². The summed E-state index contributed by atoms with van der Waals surface area (Å²) in [6.45, 7) is 0. The molecule has 1 N–H and O–H groups in total. The van der Waals surface area contributed by atoms with E-state index in [1.165, 1.54) is 19.4 Å². The first-order chi connectivity index (χ1) is 9.44. The molecule has 2 rings (SSSR count). The Hall–Kier alpha value is -1.34. The van der Waals surface area contributed by atoms with Gasteiger partial charge in [-0.2, -0.15) is 0 Å².